The van der Waals surface area contributed by atoms with Gasteiger partial charge in [0.2, 0.25) is 0 Å². The number of fused-ring (bicyclic) bond motifs is 9. The Bertz CT molecular complexity index is 3610. The van der Waals surface area contributed by atoms with Crippen molar-refractivity contribution in [2.75, 3.05) is 0 Å². The summed E-state index contributed by atoms with van der Waals surface area (Å²) in [5.74, 6) is 1.71. The second-order valence-corrected chi connectivity index (χ2v) is 18.0. The molecule has 4 aromatic heterocycles. The summed E-state index contributed by atoms with van der Waals surface area (Å²) in [7, 11) is 0. The highest BCUT2D eigenvalue weighted by Gasteiger charge is 2.38. The topological polar surface area (TPSA) is 69.4 Å². The molecule has 0 spiro atoms. The largest absolute Gasteiger partial charge is 0.309 e. The van der Waals surface area contributed by atoms with Gasteiger partial charge < -0.3 is 4.57 Å². The summed E-state index contributed by atoms with van der Waals surface area (Å²) in [5, 5.41) is 9.11. The van der Waals surface area contributed by atoms with E-state index >= 15 is 0 Å². The van der Waals surface area contributed by atoms with E-state index in [1.807, 2.05) is 18.3 Å². The minimum atomic E-state index is 0.110. The van der Waals surface area contributed by atoms with Gasteiger partial charge >= 0.3 is 0 Å². The Kier molecular flexibility index (Phi) is 7.65. The van der Waals surface area contributed by atoms with Crippen LogP contribution in [0.2, 0.25) is 0 Å². The van der Waals surface area contributed by atoms with Crippen LogP contribution >= 0.6 is 0 Å². The third-order valence-corrected chi connectivity index (χ3v) is 13.3. The minimum absolute atomic E-state index is 0.110. The molecule has 0 atom stereocenters. The van der Waals surface area contributed by atoms with Crippen LogP contribution in [0.25, 0.3) is 105 Å². The zero-order valence-corrected chi connectivity index (χ0v) is 34.6. The van der Waals surface area contributed by atoms with Crippen molar-refractivity contribution in [1.29, 1.82) is 0 Å². The quantitative estimate of drug-likeness (QED) is 0.166. The molecule has 11 aromatic rings. The molecule has 0 N–H and O–H groups in total. The molecular formula is C55H42N6. The molecular weight excluding hydrogens is 745 g/mol. The van der Waals surface area contributed by atoms with Gasteiger partial charge in [0, 0.05) is 44.6 Å². The number of para-hydroxylation sites is 1. The van der Waals surface area contributed by atoms with E-state index in [1.54, 1.807) is 0 Å². The summed E-state index contributed by atoms with van der Waals surface area (Å²) in [4.78, 5) is 25.3. The van der Waals surface area contributed by atoms with Gasteiger partial charge in [0.05, 0.1) is 22.1 Å². The second kappa shape index (κ2) is 13.1. The molecule has 6 nitrogen and oxygen atoms in total. The average Bonchev–Trinajstić information content (AvgIpc) is 3.63. The van der Waals surface area contributed by atoms with Crippen LogP contribution in [-0.4, -0.2) is 29.5 Å². The number of rotatable bonds is 4. The van der Waals surface area contributed by atoms with Gasteiger partial charge in [0.15, 0.2) is 17.5 Å². The number of aromatic nitrogens is 6. The third kappa shape index (κ3) is 5.66. The lowest BCUT2D eigenvalue weighted by molar-refractivity contribution is 0.332. The second-order valence-electron chi connectivity index (χ2n) is 18.0. The van der Waals surface area contributed by atoms with Crippen molar-refractivity contribution in [1.82, 2.24) is 29.5 Å². The van der Waals surface area contributed by atoms with Crippen LogP contribution in [0.3, 0.4) is 0 Å². The standard InChI is InChI=1S/C55H42N6/c1-54(2)26-27-55(3,4)45-32-48-43(31-44(45)54)41-15-7-8-17-47(41)61(48)39-24-22-36-29-38(21-20-37(36)30-39)51-58-52(42-16-9-12-33-11-5-6-14-40(33)42)60-53(59-51)46-25-23-35-19-18-34-13-10-28-56-49(34)50(35)57-46/h5-25,28-32H,26-27H2,1-4H3. The van der Waals surface area contributed by atoms with Crippen LogP contribution in [-0.2, 0) is 10.8 Å². The number of benzene rings is 7. The zero-order valence-electron chi connectivity index (χ0n) is 34.6. The molecule has 1 aliphatic rings. The van der Waals surface area contributed by atoms with E-state index in [4.69, 9.17) is 24.9 Å². The van der Waals surface area contributed by atoms with Crippen molar-refractivity contribution in [3.8, 4) is 40.0 Å². The van der Waals surface area contributed by atoms with Gasteiger partial charge in [-0.1, -0.05) is 131 Å². The van der Waals surface area contributed by atoms with E-state index in [2.05, 4.69) is 172 Å². The maximum Gasteiger partial charge on any atom is 0.182 e. The van der Waals surface area contributed by atoms with Crippen molar-refractivity contribution >= 4 is 65.2 Å². The van der Waals surface area contributed by atoms with E-state index in [9.17, 15) is 0 Å². The Labute approximate surface area is 353 Å². The maximum atomic E-state index is 5.19. The number of hydrogen-bond donors (Lipinski definition) is 0. The fourth-order valence-electron chi connectivity index (χ4n) is 9.83. The Morgan fingerprint density at radius 2 is 1.10 bits per heavy atom. The Morgan fingerprint density at radius 1 is 0.443 bits per heavy atom. The molecule has 0 saturated heterocycles. The van der Waals surface area contributed by atoms with Crippen LogP contribution in [0.5, 0.6) is 0 Å². The normalized spacial score (nSPS) is 14.7. The lowest BCUT2D eigenvalue weighted by Gasteiger charge is -2.42. The van der Waals surface area contributed by atoms with Gasteiger partial charge in [-0.3, -0.25) is 4.98 Å². The van der Waals surface area contributed by atoms with E-state index < -0.39 is 0 Å². The molecule has 7 aromatic carbocycles. The Hall–Kier alpha value is -7.31. The predicted molar refractivity (Wildman–Crippen MR) is 251 cm³/mol. The summed E-state index contributed by atoms with van der Waals surface area (Å²) in [6.45, 7) is 9.63. The van der Waals surface area contributed by atoms with Gasteiger partial charge in [-0.2, -0.15) is 0 Å². The Balaban J connectivity index is 1.02. The first-order chi connectivity index (χ1) is 29.7. The molecule has 1 aliphatic carbocycles. The first-order valence-electron chi connectivity index (χ1n) is 21.2. The van der Waals surface area contributed by atoms with Gasteiger partial charge in [-0.15, -0.1) is 0 Å². The summed E-state index contributed by atoms with van der Waals surface area (Å²) < 4.78 is 2.46. The van der Waals surface area contributed by atoms with E-state index in [-0.39, 0.29) is 10.8 Å². The van der Waals surface area contributed by atoms with Gasteiger partial charge in [0.1, 0.15) is 5.69 Å². The number of pyridine rings is 2. The summed E-state index contributed by atoms with van der Waals surface area (Å²) >= 11 is 0. The fraction of sp³-hybridized carbons (Fsp3) is 0.145. The maximum absolute atomic E-state index is 5.19. The van der Waals surface area contributed by atoms with Crippen LogP contribution in [0.15, 0.2) is 158 Å². The van der Waals surface area contributed by atoms with Crippen molar-refractivity contribution in [2.45, 2.75) is 51.4 Å². The van der Waals surface area contributed by atoms with Crippen molar-refractivity contribution in [3.63, 3.8) is 0 Å². The first-order valence-corrected chi connectivity index (χ1v) is 21.2. The molecule has 0 fully saturated rings. The molecule has 292 valence electrons. The minimum Gasteiger partial charge on any atom is -0.309 e. The van der Waals surface area contributed by atoms with Gasteiger partial charge in [-0.05, 0) is 105 Å². The highest BCUT2D eigenvalue weighted by molar-refractivity contribution is 6.10. The highest BCUT2D eigenvalue weighted by atomic mass is 15.0. The molecule has 6 heteroatoms. The molecule has 0 saturated carbocycles. The molecule has 12 rings (SSSR count). The van der Waals surface area contributed by atoms with E-state index in [0.717, 1.165) is 60.2 Å². The molecule has 0 unspecified atom stereocenters. The van der Waals surface area contributed by atoms with Crippen molar-refractivity contribution < 1.29 is 0 Å². The molecule has 61 heavy (non-hydrogen) atoms. The van der Waals surface area contributed by atoms with Gasteiger partial charge in [0.25, 0.3) is 0 Å². The molecule has 0 aliphatic heterocycles. The number of nitrogens with zero attached hydrogens (tertiary/aromatic N) is 6. The lowest BCUT2D eigenvalue weighted by atomic mass is 9.63. The lowest BCUT2D eigenvalue weighted by Crippen LogP contribution is -2.33. The third-order valence-electron chi connectivity index (χ3n) is 13.3. The van der Waals surface area contributed by atoms with Gasteiger partial charge in [-0.25, -0.2) is 19.9 Å². The first kappa shape index (κ1) is 35.6. The van der Waals surface area contributed by atoms with Crippen LogP contribution < -0.4 is 0 Å². The van der Waals surface area contributed by atoms with E-state index in [1.165, 1.54) is 45.8 Å². The predicted octanol–water partition coefficient (Wildman–Crippen LogP) is 13.7. The summed E-state index contributed by atoms with van der Waals surface area (Å²) in [5.41, 5.74) is 11.0. The van der Waals surface area contributed by atoms with E-state index in [0.29, 0.717) is 23.2 Å². The summed E-state index contributed by atoms with van der Waals surface area (Å²) in [6, 6.07) is 54.1. The van der Waals surface area contributed by atoms with Crippen LogP contribution in [0.4, 0.5) is 0 Å². The smallest absolute Gasteiger partial charge is 0.182 e. The Morgan fingerprint density at radius 3 is 1.97 bits per heavy atom. The summed E-state index contributed by atoms with van der Waals surface area (Å²) in [6.07, 6.45) is 4.18. The van der Waals surface area contributed by atoms with Crippen LogP contribution in [0, 0.1) is 0 Å². The molecule has 4 heterocycles. The SMILES string of the molecule is CC1(C)CCC(C)(C)c2cc3c(cc21)c1ccccc1n3-c1ccc2cc(-c3nc(-c4ccc5ccc6cccnc6c5n4)nc(-c4cccc5ccccc45)n3)ccc2c1. The zero-order chi connectivity index (χ0) is 41.0. The number of hydrogen-bond acceptors (Lipinski definition) is 5. The molecule has 0 bridgehead atoms. The molecule has 0 amide bonds. The average molecular weight is 787 g/mol. The van der Waals surface area contributed by atoms with Crippen molar-refractivity contribution in [2.24, 2.45) is 0 Å². The fourth-order valence-corrected chi connectivity index (χ4v) is 9.83. The van der Waals surface area contributed by atoms with Crippen LogP contribution in [0.1, 0.15) is 51.7 Å². The molecule has 0 radical (unpaired) electrons. The monoisotopic (exact) mass is 786 g/mol. The van der Waals surface area contributed by atoms with Crippen molar-refractivity contribution in [3.05, 3.63) is 169 Å². The highest BCUT2D eigenvalue weighted by Crippen LogP contribution is 2.48.